The van der Waals surface area contributed by atoms with Gasteiger partial charge in [-0.15, -0.1) is 11.8 Å². The van der Waals surface area contributed by atoms with Crippen molar-refractivity contribution in [2.24, 2.45) is 5.73 Å². The molecule has 0 saturated carbocycles. The van der Waals surface area contributed by atoms with Crippen LogP contribution in [0.4, 0.5) is 0 Å². The quantitative estimate of drug-likeness (QED) is 0.395. The van der Waals surface area contributed by atoms with Crippen LogP contribution < -0.4 is 11.1 Å². The molecule has 10 heteroatoms. The fourth-order valence-corrected chi connectivity index (χ4v) is 5.40. The lowest BCUT2D eigenvalue weighted by Gasteiger charge is -2.48. The summed E-state index contributed by atoms with van der Waals surface area (Å²) in [5.74, 6) is -1.63. The van der Waals surface area contributed by atoms with Crippen LogP contribution in [0, 0.1) is 0 Å². The first-order valence-corrected chi connectivity index (χ1v) is 12.1. The molecule has 0 radical (unpaired) electrons. The number of fused-ring (bicyclic) bond motifs is 2. The number of amides is 2. The average Bonchev–Trinajstić information content (AvgIpc) is 2.87. The Kier molecular flexibility index (Phi) is 7.30. The molecule has 3 aromatic rings. The molecule has 2 aliphatic rings. The number of nitrogens with two attached hydrogens (primary N) is 1. The van der Waals surface area contributed by atoms with Crippen LogP contribution in [0.25, 0.3) is 10.8 Å². The van der Waals surface area contributed by atoms with Gasteiger partial charge in [0, 0.05) is 11.1 Å². The largest absolute Gasteiger partial charge is 0.507 e. The molecule has 1 saturated heterocycles. The minimum absolute atomic E-state index is 0.114. The maximum absolute atomic E-state index is 12.3. The number of carboxylic acid groups (broad SMARTS) is 1. The van der Waals surface area contributed by atoms with Gasteiger partial charge in [-0.3, -0.25) is 14.5 Å². The molecule has 180 valence electrons. The van der Waals surface area contributed by atoms with Gasteiger partial charge in [-0.25, -0.2) is 4.79 Å². The lowest BCUT2D eigenvalue weighted by atomic mass is 10.0. The minimum Gasteiger partial charge on any atom is -0.507 e. The van der Waals surface area contributed by atoms with Crippen molar-refractivity contribution in [3.8, 4) is 5.75 Å². The Morgan fingerprint density at radius 1 is 1.06 bits per heavy atom. The summed E-state index contributed by atoms with van der Waals surface area (Å²) in [4.78, 5) is 36.9. The van der Waals surface area contributed by atoms with E-state index in [2.05, 4.69) is 5.32 Å². The van der Waals surface area contributed by atoms with E-state index in [0.29, 0.717) is 11.3 Å². The number of nitrogens with zero attached hydrogens (tertiary/aromatic N) is 1. The number of carbonyl (C=O) groups is 3. The molecule has 0 spiro atoms. The highest BCUT2D eigenvalue weighted by Crippen LogP contribution is 2.41. The van der Waals surface area contributed by atoms with E-state index >= 15 is 0 Å². The van der Waals surface area contributed by atoms with Gasteiger partial charge in [-0.1, -0.05) is 78.3 Å². The smallest absolute Gasteiger partial charge is 0.353 e. The number of benzene rings is 3. The topological polar surface area (TPSA) is 133 Å². The molecular weight excluding hydrogens is 490 g/mol. The molecular formula is C25H22ClN3O5S. The number of halogens is 1. The maximum Gasteiger partial charge on any atom is 0.353 e. The number of phenolic OH excluding ortho intramolecular Hbond substituents is 1. The van der Waals surface area contributed by atoms with Crippen molar-refractivity contribution in [1.29, 1.82) is 0 Å². The molecule has 5 rings (SSSR count). The molecule has 0 aromatic heterocycles. The van der Waals surface area contributed by atoms with Crippen LogP contribution in [0.2, 0.25) is 0 Å². The number of rotatable bonds is 4. The van der Waals surface area contributed by atoms with Crippen molar-refractivity contribution in [3.05, 3.63) is 89.1 Å². The molecule has 0 bridgehead atoms. The fourth-order valence-electron chi connectivity index (χ4n) is 3.85. The van der Waals surface area contributed by atoms with Crippen molar-refractivity contribution < 1.29 is 24.6 Å². The summed E-state index contributed by atoms with van der Waals surface area (Å²) in [6.07, 6.45) is 0. The zero-order chi connectivity index (χ0) is 25.1. The van der Waals surface area contributed by atoms with E-state index in [1.54, 1.807) is 30.3 Å². The third-order valence-corrected chi connectivity index (χ3v) is 7.38. The molecule has 35 heavy (non-hydrogen) atoms. The van der Waals surface area contributed by atoms with Crippen molar-refractivity contribution in [1.82, 2.24) is 10.2 Å². The van der Waals surface area contributed by atoms with E-state index in [1.807, 2.05) is 42.5 Å². The van der Waals surface area contributed by atoms with Gasteiger partial charge < -0.3 is 21.3 Å². The van der Waals surface area contributed by atoms with Crippen LogP contribution in [-0.4, -0.2) is 50.1 Å². The Morgan fingerprint density at radius 3 is 2.40 bits per heavy atom. The van der Waals surface area contributed by atoms with Crippen LogP contribution in [0.1, 0.15) is 11.6 Å². The van der Waals surface area contributed by atoms with E-state index < -0.39 is 35.2 Å². The minimum atomic E-state index is -1.26. The van der Waals surface area contributed by atoms with Gasteiger partial charge in [0.1, 0.15) is 28.9 Å². The molecule has 3 aromatic carbocycles. The first-order valence-electron chi connectivity index (χ1n) is 10.6. The molecule has 1 unspecified atom stereocenters. The lowest BCUT2D eigenvalue weighted by Crippen LogP contribution is -2.70. The van der Waals surface area contributed by atoms with Gasteiger partial charge in [0.05, 0.1) is 5.03 Å². The number of aliphatic carboxylic acids is 1. The van der Waals surface area contributed by atoms with E-state index in [1.165, 1.54) is 11.8 Å². The SMILES string of the molecule is NC(C(=O)N[C@@H]1C(=O)N2C(C(=O)O)=C(Cl)CS[C@H]12)c1ccccc1.Oc1cccc2ccccc12. The highest BCUT2D eigenvalue weighted by Gasteiger charge is 2.54. The highest BCUT2D eigenvalue weighted by atomic mass is 35.5. The zero-order valence-electron chi connectivity index (χ0n) is 18.3. The summed E-state index contributed by atoms with van der Waals surface area (Å²) in [5, 5.41) is 22.8. The van der Waals surface area contributed by atoms with E-state index in [9.17, 15) is 24.6 Å². The third kappa shape index (κ3) is 4.97. The lowest BCUT2D eigenvalue weighted by molar-refractivity contribution is -0.150. The number of hydrogen-bond acceptors (Lipinski definition) is 6. The zero-order valence-corrected chi connectivity index (χ0v) is 19.9. The second kappa shape index (κ2) is 10.4. The fraction of sp³-hybridized carbons (Fsp3) is 0.160. The van der Waals surface area contributed by atoms with E-state index in [0.717, 1.165) is 15.7 Å². The van der Waals surface area contributed by atoms with Crippen LogP contribution in [-0.2, 0) is 14.4 Å². The normalized spacial score (nSPS) is 19.7. The van der Waals surface area contributed by atoms with Crippen molar-refractivity contribution in [2.45, 2.75) is 17.5 Å². The summed E-state index contributed by atoms with van der Waals surface area (Å²) < 4.78 is 0. The highest BCUT2D eigenvalue weighted by molar-refractivity contribution is 8.00. The van der Waals surface area contributed by atoms with Gasteiger partial charge in [-0.2, -0.15) is 0 Å². The molecule has 0 aliphatic carbocycles. The van der Waals surface area contributed by atoms with Crippen LogP contribution in [0.5, 0.6) is 5.75 Å². The van der Waals surface area contributed by atoms with Crippen molar-refractivity contribution in [2.75, 3.05) is 5.75 Å². The standard InChI is InChI=1S/C15H14ClN3O4S.C10H8O/c16-8-6-24-14-10(13(21)19(14)11(8)15(22)23)18-12(20)9(17)7-4-2-1-3-5-7;11-10-7-3-5-8-4-1-2-6-9(8)10/h1-5,9-10,14H,6,17H2,(H,18,20)(H,22,23);1-7,11H/t9?,10-,14-;/m1./s1. The third-order valence-electron chi connectivity index (χ3n) is 5.63. The number of carboxylic acids is 1. The number of thioether (sulfide) groups is 1. The molecule has 1 fully saturated rings. The monoisotopic (exact) mass is 511 g/mol. The van der Waals surface area contributed by atoms with Gasteiger partial charge in [0.2, 0.25) is 5.91 Å². The van der Waals surface area contributed by atoms with Gasteiger partial charge >= 0.3 is 5.97 Å². The summed E-state index contributed by atoms with van der Waals surface area (Å²) in [6.45, 7) is 0. The van der Waals surface area contributed by atoms with Crippen molar-refractivity contribution >= 4 is 51.9 Å². The van der Waals surface area contributed by atoms with Crippen LogP contribution >= 0.6 is 23.4 Å². The van der Waals surface area contributed by atoms with Gasteiger partial charge in [0.15, 0.2) is 0 Å². The number of β-lactam (4-membered cyclic amide) rings is 1. The van der Waals surface area contributed by atoms with Crippen LogP contribution in [0.15, 0.2) is 83.5 Å². The molecule has 5 N–H and O–H groups in total. The summed E-state index contributed by atoms with van der Waals surface area (Å²) in [5.41, 5.74) is 6.32. The summed E-state index contributed by atoms with van der Waals surface area (Å²) >= 11 is 7.20. The number of nitrogens with one attached hydrogen (secondary N) is 1. The molecule has 8 nitrogen and oxygen atoms in total. The Bertz CT molecular complexity index is 1310. The second-order valence-electron chi connectivity index (χ2n) is 7.84. The van der Waals surface area contributed by atoms with Crippen molar-refractivity contribution in [3.63, 3.8) is 0 Å². The van der Waals surface area contributed by atoms with Gasteiger partial charge in [0.25, 0.3) is 5.91 Å². The number of aromatic hydroxyl groups is 1. The molecule has 3 atom stereocenters. The first-order chi connectivity index (χ1) is 16.8. The van der Waals surface area contributed by atoms with E-state index in [-0.39, 0.29) is 16.5 Å². The summed E-state index contributed by atoms with van der Waals surface area (Å²) in [6, 6.07) is 20.4. The Labute approximate surface area is 210 Å². The Hall–Kier alpha value is -3.53. The maximum atomic E-state index is 12.3. The number of hydrogen-bond donors (Lipinski definition) is 4. The van der Waals surface area contributed by atoms with E-state index in [4.69, 9.17) is 17.3 Å². The number of carbonyl (C=O) groups excluding carboxylic acids is 2. The Morgan fingerprint density at radius 2 is 1.71 bits per heavy atom. The first kappa shape index (κ1) is 24.6. The van der Waals surface area contributed by atoms with Crippen LogP contribution in [0.3, 0.4) is 0 Å². The average molecular weight is 512 g/mol. The predicted molar refractivity (Wildman–Crippen MR) is 135 cm³/mol. The molecule has 2 aliphatic heterocycles. The number of phenols is 1. The molecule has 2 heterocycles. The Balaban J connectivity index is 0.000000218. The second-order valence-corrected chi connectivity index (χ2v) is 9.40. The van der Waals surface area contributed by atoms with Gasteiger partial charge in [-0.05, 0) is 17.0 Å². The molecule has 2 amide bonds. The predicted octanol–water partition coefficient (Wildman–Crippen LogP) is 3.17. The summed E-state index contributed by atoms with van der Waals surface area (Å²) in [7, 11) is 0.